The summed E-state index contributed by atoms with van der Waals surface area (Å²) < 4.78 is 37.5. The number of nitrogens with one attached hydrogen (secondary N) is 2. The number of carbonyl (C=O) groups is 2. The predicted octanol–water partition coefficient (Wildman–Crippen LogP) is 3.70. The number of ether oxygens (including phenoxy) is 1. The monoisotopic (exact) mass is 491 g/mol. The molecule has 0 aliphatic carbocycles. The van der Waals surface area contributed by atoms with E-state index in [4.69, 9.17) is 26.2 Å². The molecular formula is C22H29ClF3N3O4. The Morgan fingerprint density at radius 1 is 1.27 bits per heavy atom. The SMILES string of the molecule is CC1(C)CNC1C1CCN(C(=O)NC2COc3cc(Cl)ccc3C2)CC1.O=C(O)C(F)(F)F. The van der Waals surface area contributed by atoms with Gasteiger partial charge in [0.25, 0.3) is 0 Å². The van der Waals surface area contributed by atoms with E-state index in [1.165, 1.54) is 0 Å². The van der Waals surface area contributed by atoms with E-state index in [2.05, 4.69) is 24.5 Å². The summed E-state index contributed by atoms with van der Waals surface area (Å²) >= 11 is 6.00. The van der Waals surface area contributed by atoms with Gasteiger partial charge in [0.1, 0.15) is 12.4 Å². The number of likely N-dealkylation sites (tertiary alicyclic amines) is 1. The topological polar surface area (TPSA) is 90.9 Å². The number of amides is 2. The normalized spacial score (nSPS) is 24.4. The number of piperidine rings is 1. The summed E-state index contributed by atoms with van der Waals surface area (Å²) in [6.07, 6.45) is -2.14. The molecule has 3 aliphatic rings. The van der Waals surface area contributed by atoms with Crippen molar-refractivity contribution in [3.05, 3.63) is 28.8 Å². The molecule has 2 amide bonds. The number of carbonyl (C=O) groups excluding carboxylic acids is 1. The highest BCUT2D eigenvalue weighted by molar-refractivity contribution is 6.30. The van der Waals surface area contributed by atoms with Crippen molar-refractivity contribution >= 4 is 23.6 Å². The quantitative estimate of drug-likeness (QED) is 0.587. The first-order valence-electron chi connectivity index (χ1n) is 10.9. The Kier molecular flexibility index (Phi) is 7.68. The van der Waals surface area contributed by atoms with Gasteiger partial charge < -0.3 is 25.4 Å². The van der Waals surface area contributed by atoms with Crippen LogP contribution in [0.2, 0.25) is 5.02 Å². The fraction of sp³-hybridized carbons (Fsp3) is 0.636. The third kappa shape index (κ3) is 6.44. The third-order valence-electron chi connectivity index (χ3n) is 6.42. The van der Waals surface area contributed by atoms with Gasteiger partial charge in [0.15, 0.2) is 0 Å². The molecule has 3 heterocycles. The molecular weight excluding hydrogens is 463 g/mol. The first-order valence-corrected chi connectivity index (χ1v) is 11.2. The highest BCUT2D eigenvalue weighted by Crippen LogP contribution is 2.37. The number of fused-ring (bicyclic) bond motifs is 1. The van der Waals surface area contributed by atoms with Crippen molar-refractivity contribution in [2.24, 2.45) is 11.3 Å². The lowest BCUT2D eigenvalue weighted by Gasteiger charge is -2.51. The number of carboxylic acids is 1. The lowest BCUT2D eigenvalue weighted by atomic mass is 9.68. The van der Waals surface area contributed by atoms with Gasteiger partial charge in [0.05, 0.1) is 6.04 Å². The average Bonchev–Trinajstić information content (AvgIpc) is 2.73. The predicted molar refractivity (Wildman–Crippen MR) is 117 cm³/mol. The van der Waals surface area contributed by atoms with Crippen molar-refractivity contribution in [3.63, 3.8) is 0 Å². The summed E-state index contributed by atoms with van der Waals surface area (Å²) in [7, 11) is 0. The number of rotatable bonds is 2. The second-order valence-corrected chi connectivity index (χ2v) is 9.82. The molecule has 2 unspecified atom stereocenters. The van der Waals surface area contributed by atoms with Crippen molar-refractivity contribution in [3.8, 4) is 5.75 Å². The molecule has 3 aliphatic heterocycles. The van der Waals surface area contributed by atoms with Crippen LogP contribution in [0.3, 0.4) is 0 Å². The molecule has 0 bridgehead atoms. The van der Waals surface area contributed by atoms with Crippen molar-refractivity contribution in [2.75, 3.05) is 26.2 Å². The first kappa shape index (κ1) is 25.4. The molecule has 2 fully saturated rings. The number of nitrogens with zero attached hydrogens (tertiary/aromatic N) is 1. The lowest BCUT2D eigenvalue weighted by Crippen LogP contribution is -2.64. The average molecular weight is 492 g/mol. The van der Waals surface area contributed by atoms with E-state index in [0.29, 0.717) is 29.0 Å². The fourth-order valence-corrected chi connectivity index (χ4v) is 4.74. The van der Waals surface area contributed by atoms with Crippen LogP contribution in [0.5, 0.6) is 5.75 Å². The zero-order chi connectivity index (χ0) is 24.4. The van der Waals surface area contributed by atoms with E-state index in [0.717, 1.165) is 50.2 Å². The molecule has 2 atom stereocenters. The number of urea groups is 1. The van der Waals surface area contributed by atoms with Gasteiger partial charge in [-0.2, -0.15) is 13.2 Å². The smallest absolute Gasteiger partial charge is 0.490 e. The zero-order valence-corrected chi connectivity index (χ0v) is 19.3. The van der Waals surface area contributed by atoms with Gasteiger partial charge in [-0.1, -0.05) is 31.5 Å². The maximum atomic E-state index is 12.6. The number of alkyl halides is 3. The van der Waals surface area contributed by atoms with E-state index in [1.54, 1.807) is 0 Å². The minimum Gasteiger partial charge on any atom is -0.491 e. The molecule has 184 valence electrons. The van der Waals surface area contributed by atoms with Gasteiger partial charge in [-0.15, -0.1) is 0 Å². The summed E-state index contributed by atoms with van der Waals surface area (Å²) in [5, 5.41) is 14.5. The van der Waals surface area contributed by atoms with Crippen LogP contribution in [-0.2, 0) is 11.2 Å². The molecule has 3 N–H and O–H groups in total. The van der Waals surface area contributed by atoms with Crippen LogP contribution < -0.4 is 15.4 Å². The number of carboxylic acid groups (broad SMARTS) is 1. The molecule has 11 heteroatoms. The highest BCUT2D eigenvalue weighted by Gasteiger charge is 2.44. The highest BCUT2D eigenvalue weighted by atomic mass is 35.5. The first-order chi connectivity index (χ1) is 15.4. The lowest BCUT2D eigenvalue weighted by molar-refractivity contribution is -0.192. The second kappa shape index (κ2) is 9.97. The second-order valence-electron chi connectivity index (χ2n) is 9.39. The Hall–Kier alpha value is -2.20. The van der Waals surface area contributed by atoms with E-state index >= 15 is 0 Å². The Bertz CT molecular complexity index is 873. The number of aliphatic carboxylic acids is 1. The maximum Gasteiger partial charge on any atom is 0.490 e. The number of hydrogen-bond acceptors (Lipinski definition) is 4. The van der Waals surface area contributed by atoms with Gasteiger partial charge in [-0.3, -0.25) is 0 Å². The van der Waals surface area contributed by atoms with Gasteiger partial charge in [0, 0.05) is 30.7 Å². The molecule has 0 saturated carbocycles. The maximum absolute atomic E-state index is 12.6. The Labute approximate surface area is 195 Å². The molecule has 0 spiro atoms. The molecule has 0 aromatic heterocycles. The van der Waals surface area contributed by atoms with Crippen LogP contribution in [0.4, 0.5) is 18.0 Å². The summed E-state index contributed by atoms with van der Waals surface area (Å²) in [4.78, 5) is 23.5. The van der Waals surface area contributed by atoms with Crippen LogP contribution in [0.1, 0.15) is 32.3 Å². The van der Waals surface area contributed by atoms with Crippen LogP contribution in [0.15, 0.2) is 18.2 Å². The molecule has 33 heavy (non-hydrogen) atoms. The number of halogens is 4. The van der Waals surface area contributed by atoms with Crippen molar-refractivity contribution in [1.29, 1.82) is 0 Å². The van der Waals surface area contributed by atoms with E-state index < -0.39 is 12.1 Å². The van der Waals surface area contributed by atoms with Crippen LogP contribution in [0.25, 0.3) is 0 Å². The van der Waals surface area contributed by atoms with Crippen LogP contribution >= 0.6 is 11.6 Å². The van der Waals surface area contributed by atoms with Crippen molar-refractivity contribution < 1.29 is 32.6 Å². The summed E-state index contributed by atoms with van der Waals surface area (Å²) in [5.74, 6) is -1.25. The summed E-state index contributed by atoms with van der Waals surface area (Å²) in [6, 6.07) is 6.35. The van der Waals surface area contributed by atoms with E-state index in [-0.39, 0.29) is 12.1 Å². The van der Waals surface area contributed by atoms with Crippen molar-refractivity contribution in [1.82, 2.24) is 15.5 Å². The van der Waals surface area contributed by atoms with E-state index in [9.17, 15) is 18.0 Å². The van der Waals surface area contributed by atoms with Crippen LogP contribution in [0, 0.1) is 11.3 Å². The Morgan fingerprint density at radius 2 is 1.91 bits per heavy atom. The summed E-state index contributed by atoms with van der Waals surface area (Å²) in [5.41, 5.74) is 1.49. The number of benzene rings is 1. The largest absolute Gasteiger partial charge is 0.491 e. The van der Waals surface area contributed by atoms with Gasteiger partial charge >= 0.3 is 18.2 Å². The number of hydrogen-bond donors (Lipinski definition) is 3. The Morgan fingerprint density at radius 3 is 2.42 bits per heavy atom. The molecule has 1 aromatic carbocycles. The van der Waals surface area contributed by atoms with Gasteiger partial charge in [-0.25, -0.2) is 9.59 Å². The zero-order valence-electron chi connectivity index (χ0n) is 18.5. The van der Waals surface area contributed by atoms with Gasteiger partial charge in [0.2, 0.25) is 0 Å². The molecule has 1 aromatic rings. The standard InChI is InChI=1S/C20H28ClN3O2.C2HF3O2/c1-20(2)12-22-18(20)13-5-7-24(8-6-13)19(25)23-16-9-14-3-4-15(21)10-17(14)26-11-16;3-2(4,5)1(6)7/h3-4,10,13,16,18,22H,5-9,11-12H2,1-2H3,(H,23,25);(H,6,7). The minimum absolute atomic E-state index is 0.0149. The molecule has 4 rings (SSSR count). The third-order valence-corrected chi connectivity index (χ3v) is 6.66. The molecule has 7 nitrogen and oxygen atoms in total. The Balaban J connectivity index is 0.000000383. The van der Waals surface area contributed by atoms with E-state index in [1.807, 2.05) is 23.1 Å². The van der Waals surface area contributed by atoms with Gasteiger partial charge in [-0.05, 0) is 48.3 Å². The van der Waals surface area contributed by atoms with Crippen molar-refractivity contribution in [2.45, 2.75) is 51.4 Å². The molecule has 0 radical (unpaired) electrons. The minimum atomic E-state index is -5.08. The van der Waals surface area contributed by atoms with Crippen LogP contribution in [-0.4, -0.2) is 66.5 Å². The summed E-state index contributed by atoms with van der Waals surface area (Å²) in [6.45, 7) is 7.94. The fourth-order valence-electron chi connectivity index (χ4n) is 4.57. The molecule has 2 saturated heterocycles.